The Balaban J connectivity index is 1.41. The number of nitrogens with zero attached hydrogens (tertiary/aromatic N) is 1. The van der Waals surface area contributed by atoms with Crippen molar-refractivity contribution < 1.29 is 28.9 Å². The molecule has 8 heteroatoms. The highest BCUT2D eigenvalue weighted by Crippen LogP contribution is 2.44. The summed E-state index contributed by atoms with van der Waals surface area (Å²) in [7, 11) is 0. The number of aliphatic hydroxyl groups excluding tert-OH is 1. The van der Waals surface area contributed by atoms with Crippen LogP contribution >= 0.6 is 0 Å². The zero-order valence-electron chi connectivity index (χ0n) is 21.0. The SMILES string of the molecule is CC1(N)COc2c1cc(C(C)(O)CCC(=O)c1ccc(CO)c(OC3CC3)c1)nc2-c1ccc(F)cc1. The third-order valence-corrected chi connectivity index (χ3v) is 6.99. The molecule has 1 aromatic heterocycles. The van der Waals surface area contributed by atoms with Gasteiger partial charge in [0.2, 0.25) is 0 Å². The summed E-state index contributed by atoms with van der Waals surface area (Å²) in [5.74, 6) is 0.509. The van der Waals surface area contributed by atoms with Gasteiger partial charge in [-0.2, -0.15) is 0 Å². The maximum atomic E-state index is 13.6. The highest BCUT2D eigenvalue weighted by molar-refractivity contribution is 5.96. The first-order chi connectivity index (χ1) is 17.6. The third kappa shape index (κ3) is 5.23. The minimum absolute atomic E-state index is 0.0649. The van der Waals surface area contributed by atoms with Crippen LogP contribution in [0.3, 0.4) is 0 Å². The van der Waals surface area contributed by atoms with Gasteiger partial charge in [0, 0.05) is 28.7 Å². The molecule has 2 unspecified atom stereocenters. The van der Waals surface area contributed by atoms with Crippen LogP contribution in [0.5, 0.6) is 11.5 Å². The molecular formula is C29H31FN2O5. The molecule has 5 rings (SSSR count). The lowest BCUT2D eigenvalue weighted by Gasteiger charge is -2.25. The van der Waals surface area contributed by atoms with E-state index in [1.54, 1.807) is 43.3 Å². The van der Waals surface area contributed by atoms with Gasteiger partial charge in [-0.15, -0.1) is 0 Å². The van der Waals surface area contributed by atoms with Crippen molar-refractivity contribution in [1.82, 2.24) is 4.98 Å². The minimum atomic E-state index is -1.45. The monoisotopic (exact) mass is 506 g/mol. The number of carbonyl (C=O) groups is 1. The van der Waals surface area contributed by atoms with E-state index in [9.17, 15) is 19.4 Å². The Kier molecular flexibility index (Phi) is 6.52. The average molecular weight is 507 g/mol. The van der Waals surface area contributed by atoms with Gasteiger partial charge in [-0.25, -0.2) is 9.37 Å². The Morgan fingerprint density at radius 1 is 1.24 bits per heavy atom. The molecule has 4 N–H and O–H groups in total. The number of benzene rings is 2. The van der Waals surface area contributed by atoms with Crippen LogP contribution in [0.25, 0.3) is 11.3 Å². The molecule has 2 heterocycles. The molecule has 7 nitrogen and oxygen atoms in total. The summed E-state index contributed by atoms with van der Waals surface area (Å²) < 4.78 is 25.3. The fraction of sp³-hybridized carbons (Fsp3) is 0.379. The van der Waals surface area contributed by atoms with Crippen LogP contribution in [-0.2, 0) is 17.7 Å². The van der Waals surface area contributed by atoms with Crippen molar-refractivity contribution in [1.29, 1.82) is 0 Å². The second-order valence-electron chi connectivity index (χ2n) is 10.4. The molecule has 0 amide bonds. The lowest BCUT2D eigenvalue weighted by atomic mass is 9.88. The number of hydrogen-bond donors (Lipinski definition) is 3. The molecule has 0 spiro atoms. The van der Waals surface area contributed by atoms with E-state index in [2.05, 4.69) is 0 Å². The number of Topliss-reactive ketones (excluding diaryl/α,β-unsaturated/α-hetero) is 1. The molecule has 194 valence electrons. The zero-order chi connectivity index (χ0) is 26.4. The summed E-state index contributed by atoms with van der Waals surface area (Å²) in [6.07, 6.45) is 2.24. The van der Waals surface area contributed by atoms with E-state index < -0.39 is 11.1 Å². The second kappa shape index (κ2) is 9.52. The standard InChI is InChI=1S/C29H31FN2O5/c1-28(31)16-36-27-22(28)14-25(32-26(27)17-5-7-20(30)8-6-17)29(2,35)12-11-23(34)18-3-4-19(15-33)24(13-18)37-21-9-10-21/h3-8,13-14,21,33,35H,9-12,15-16,31H2,1-2H3. The fourth-order valence-corrected chi connectivity index (χ4v) is 4.45. The molecule has 0 radical (unpaired) electrons. The van der Waals surface area contributed by atoms with Gasteiger partial charge in [-0.3, -0.25) is 4.79 Å². The van der Waals surface area contributed by atoms with E-state index in [1.165, 1.54) is 12.1 Å². The topological polar surface area (TPSA) is 115 Å². The van der Waals surface area contributed by atoms with Crippen molar-refractivity contribution in [3.05, 3.63) is 76.7 Å². The van der Waals surface area contributed by atoms with Gasteiger partial charge >= 0.3 is 0 Å². The number of nitrogens with two attached hydrogens (primary N) is 1. The number of ether oxygens (including phenoxy) is 2. The Morgan fingerprint density at radius 2 is 1.97 bits per heavy atom. The molecular weight excluding hydrogens is 475 g/mol. The van der Waals surface area contributed by atoms with Crippen LogP contribution in [0.4, 0.5) is 4.39 Å². The predicted molar refractivity (Wildman–Crippen MR) is 136 cm³/mol. The Morgan fingerprint density at radius 3 is 2.65 bits per heavy atom. The van der Waals surface area contributed by atoms with Gasteiger partial charge in [-0.05, 0) is 69.5 Å². The van der Waals surface area contributed by atoms with Crippen LogP contribution in [0, 0.1) is 5.82 Å². The number of ketones is 1. The van der Waals surface area contributed by atoms with Gasteiger partial charge < -0.3 is 25.4 Å². The van der Waals surface area contributed by atoms with Crippen LogP contribution in [0.2, 0.25) is 0 Å². The maximum Gasteiger partial charge on any atom is 0.163 e. The highest BCUT2D eigenvalue weighted by atomic mass is 19.1. The van der Waals surface area contributed by atoms with Crippen molar-refractivity contribution >= 4 is 5.78 Å². The molecule has 2 atom stereocenters. The summed E-state index contributed by atoms with van der Waals surface area (Å²) in [4.78, 5) is 17.8. The lowest BCUT2D eigenvalue weighted by Crippen LogP contribution is -2.35. The summed E-state index contributed by atoms with van der Waals surface area (Å²) in [5.41, 5.74) is 7.48. The predicted octanol–water partition coefficient (Wildman–Crippen LogP) is 4.36. The number of aliphatic hydroxyl groups is 2. The van der Waals surface area contributed by atoms with Crippen LogP contribution in [0.15, 0.2) is 48.5 Å². The van der Waals surface area contributed by atoms with Crippen LogP contribution in [0.1, 0.15) is 66.7 Å². The molecule has 0 saturated heterocycles. The number of pyridine rings is 1. The molecule has 3 aromatic rings. The first-order valence-electron chi connectivity index (χ1n) is 12.5. The number of aromatic nitrogens is 1. The van der Waals surface area contributed by atoms with E-state index in [1.807, 2.05) is 6.92 Å². The van der Waals surface area contributed by atoms with Crippen molar-refractivity contribution in [2.24, 2.45) is 5.73 Å². The van der Waals surface area contributed by atoms with Crippen molar-refractivity contribution in [3.63, 3.8) is 0 Å². The molecule has 2 aromatic carbocycles. The first kappa shape index (κ1) is 25.3. The fourth-order valence-electron chi connectivity index (χ4n) is 4.45. The molecule has 37 heavy (non-hydrogen) atoms. The zero-order valence-corrected chi connectivity index (χ0v) is 21.0. The molecule has 1 fully saturated rings. The molecule has 1 saturated carbocycles. The Hall–Kier alpha value is -3.33. The second-order valence-corrected chi connectivity index (χ2v) is 10.4. The van der Waals surface area contributed by atoms with Gasteiger partial charge in [0.25, 0.3) is 0 Å². The van der Waals surface area contributed by atoms with E-state index in [4.69, 9.17) is 20.2 Å². The largest absolute Gasteiger partial charge is 0.490 e. The minimum Gasteiger partial charge on any atom is -0.490 e. The molecule has 1 aliphatic carbocycles. The number of carbonyl (C=O) groups excluding carboxylic acids is 1. The van der Waals surface area contributed by atoms with Crippen molar-refractivity contribution in [2.45, 2.75) is 63.4 Å². The smallest absolute Gasteiger partial charge is 0.163 e. The number of halogens is 1. The summed E-state index contributed by atoms with van der Waals surface area (Å²) in [6.45, 7) is 3.53. The van der Waals surface area contributed by atoms with E-state index >= 15 is 0 Å². The van der Waals surface area contributed by atoms with E-state index in [-0.39, 0.29) is 43.8 Å². The lowest BCUT2D eigenvalue weighted by molar-refractivity contribution is 0.0396. The van der Waals surface area contributed by atoms with Gasteiger partial charge in [0.1, 0.15) is 29.5 Å². The van der Waals surface area contributed by atoms with E-state index in [0.717, 1.165) is 12.8 Å². The molecule has 1 aliphatic heterocycles. The summed E-state index contributed by atoms with van der Waals surface area (Å²) in [5, 5.41) is 21.0. The molecule has 2 aliphatic rings. The number of hydrogen-bond acceptors (Lipinski definition) is 7. The molecule has 0 bridgehead atoms. The third-order valence-electron chi connectivity index (χ3n) is 6.99. The average Bonchev–Trinajstić information content (AvgIpc) is 3.64. The Bertz CT molecular complexity index is 1330. The van der Waals surface area contributed by atoms with Crippen LogP contribution in [-0.4, -0.2) is 33.7 Å². The highest BCUT2D eigenvalue weighted by Gasteiger charge is 2.38. The van der Waals surface area contributed by atoms with Crippen molar-refractivity contribution in [3.8, 4) is 22.8 Å². The van der Waals surface area contributed by atoms with Gasteiger partial charge in [-0.1, -0.05) is 12.1 Å². The van der Waals surface area contributed by atoms with Crippen molar-refractivity contribution in [2.75, 3.05) is 6.61 Å². The van der Waals surface area contributed by atoms with E-state index in [0.29, 0.717) is 45.1 Å². The number of fused-ring (bicyclic) bond motifs is 1. The summed E-state index contributed by atoms with van der Waals surface area (Å²) in [6, 6.07) is 12.6. The first-order valence-corrected chi connectivity index (χ1v) is 12.5. The van der Waals surface area contributed by atoms with Gasteiger partial charge in [0.15, 0.2) is 11.5 Å². The van der Waals surface area contributed by atoms with Crippen LogP contribution < -0.4 is 15.2 Å². The normalized spacial score (nSPS) is 20.2. The summed E-state index contributed by atoms with van der Waals surface area (Å²) >= 11 is 0. The quantitative estimate of drug-likeness (QED) is 0.370. The maximum absolute atomic E-state index is 13.6. The Labute approximate surface area is 215 Å². The van der Waals surface area contributed by atoms with Gasteiger partial charge in [0.05, 0.1) is 23.9 Å². The number of rotatable bonds is 9.